The topological polar surface area (TPSA) is 141 Å². The van der Waals surface area contributed by atoms with E-state index in [4.69, 9.17) is 0 Å². The molecule has 1 fully saturated rings. The normalized spacial score (nSPS) is 16.5. The molecule has 0 spiro atoms. The minimum atomic E-state index is -0.723. The van der Waals surface area contributed by atoms with Crippen LogP contribution in [0, 0.1) is 0 Å². The minimum absolute atomic E-state index is 0.126. The van der Waals surface area contributed by atoms with Crippen molar-refractivity contribution < 1.29 is 24.0 Å². The van der Waals surface area contributed by atoms with Crippen LogP contribution in [-0.2, 0) is 21.7 Å². The maximum absolute atomic E-state index is 13.0. The molecule has 1 atom stereocenters. The number of benzene rings is 2. The van der Waals surface area contributed by atoms with Gasteiger partial charge in [0.15, 0.2) is 0 Å². The molecule has 2 aliphatic rings. The Kier molecular flexibility index (Phi) is 7.51. The Morgan fingerprint density at radius 2 is 1.74 bits per heavy atom. The summed E-state index contributed by atoms with van der Waals surface area (Å²) in [4.78, 5) is 69.2. The van der Waals surface area contributed by atoms with Crippen LogP contribution in [-0.4, -0.2) is 64.6 Å². The molecule has 0 aliphatic carbocycles. The van der Waals surface area contributed by atoms with E-state index in [9.17, 15) is 24.0 Å². The van der Waals surface area contributed by atoms with Crippen molar-refractivity contribution in [1.82, 2.24) is 25.4 Å². The molecule has 11 nitrogen and oxygen atoms in total. The van der Waals surface area contributed by atoms with Crippen LogP contribution < -0.4 is 16.0 Å². The molecule has 0 bridgehead atoms. The summed E-state index contributed by atoms with van der Waals surface area (Å²) in [6.45, 7) is 3.99. The number of imide groups is 1. The highest BCUT2D eigenvalue weighted by atomic mass is 16.2. The molecule has 0 radical (unpaired) electrons. The highest BCUT2D eigenvalue weighted by Crippen LogP contribution is 2.30. The second kappa shape index (κ2) is 11.1. The Morgan fingerprint density at radius 1 is 1.00 bits per heavy atom. The van der Waals surface area contributed by atoms with Gasteiger partial charge in [-0.3, -0.25) is 29.5 Å². The van der Waals surface area contributed by atoms with Crippen molar-refractivity contribution in [3.05, 3.63) is 83.2 Å². The molecule has 216 valence electrons. The molecule has 42 heavy (non-hydrogen) atoms. The van der Waals surface area contributed by atoms with Gasteiger partial charge in [-0.2, -0.15) is 0 Å². The van der Waals surface area contributed by atoms with Crippen molar-refractivity contribution in [1.29, 1.82) is 0 Å². The maximum atomic E-state index is 13.0. The number of rotatable bonds is 6. The van der Waals surface area contributed by atoms with Crippen molar-refractivity contribution in [3.8, 4) is 11.1 Å². The fourth-order valence-corrected chi connectivity index (χ4v) is 5.22. The molecule has 2 aromatic carbocycles. The smallest absolute Gasteiger partial charge is 0.319 e. The fourth-order valence-electron chi connectivity index (χ4n) is 5.22. The average molecular weight is 569 g/mol. The molecular formula is C31H32N6O5. The van der Waals surface area contributed by atoms with Gasteiger partial charge in [0.25, 0.3) is 11.8 Å². The van der Waals surface area contributed by atoms with Gasteiger partial charge < -0.3 is 20.4 Å². The minimum Gasteiger partial charge on any atom is -0.345 e. The number of anilines is 1. The number of aromatic nitrogens is 1. The Bertz CT molecular complexity index is 1600. The number of fused-ring (bicyclic) bond motifs is 1. The first-order valence-corrected chi connectivity index (χ1v) is 13.6. The molecule has 3 aromatic rings. The van der Waals surface area contributed by atoms with Gasteiger partial charge in [-0.05, 0) is 61.2 Å². The van der Waals surface area contributed by atoms with Crippen molar-refractivity contribution >= 4 is 35.3 Å². The van der Waals surface area contributed by atoms with Crippen LogP contribution in [0.15, 0.2) is 60.9 Å². The first kappa shape index (κ1) is 28.5. The standard InChI is InChI=1S/C31H32N6O5/c1-31(2,22-7-5-18(6-8-22)19-13-20(16-32-15-19)28(40)36(3)4)35-30(42)33-23-9-10-24-21(14-23)17-37(29(24)41)25-11-12-26(38)34-27(25)39/h5-10,13-16,25H,11-12,17H2,1-4H3,(H2,33,35,42)(H,34,38,39). The second-order valence-corrected chi connectivity index (χ2v) is 11.2. The number of urea groups is 1. The number of piperidine rings is 1. The molecule has 0 saturated carbocycles. The monoisotopic (exact) mass is 568 g/mol. The number of nitrogens with one attached hydrogen (secondary N) is 3. The van der Waals surface area contributed by atoms with Crippen LogP contribution in [0.1, 0.15) is 58.5 Å². The predicted molar refractivity (Wildman–Crippen MR) is 155 cm³/mol. The number of nitrogens with zero attached hydrogens (tertiary/aromatic N) is 3. The molecule has 5 rings (SSSR count). The van der Waals surface area contributed by atoms with E-state index in [-0.39, 0.29) is 37.1 Å². The average Bonchev–Trinajstić information content (AvgIpc) is 3.27. The number of hydrogen-bond acceptors (Lipinski definition) is 6. The summed E-state index contributed by atoms with van der Waals surface area (Å²) >= 11 is 0. The molecule has 1 unspecified atom stereocenters. The lowest BCUT2D eigenvalue weighted by atomic mass is 9.92. The van der Waals surface area contributed by atoms with Gasteiger partial charge in [-0.15, -0.1) is 0 Å². The summed E-state index contributed by atoms with van der Waals surface area (Å²) in [5.74, 6) is -1.20. The summed E-state index contributed by atoms with van der Waals surface area (Å²) in [6, 6.07) is 13.4. The van der Waals surface area contributed by atoms with E-state index < -0.39 is 23.5 Å². The largest absolute Gasteiger partial charge is 0.345 e. The zero-order chi connectivity index (χ0) is 30.2. The Labute approximate surface area is 243 Å². The first-order chi connectivity index (χ1) is 19.9. The Balaban J connectivity index is 1.23. The van der Waals surface area contributed by atoms with Crippen LogP contribution in [0.4, 0.5) is 10.5 Å². The van der Waals surface area contributed by atoms with Crippen LogP contribution >= 0.6 is 0 Å². The first-order valence-electron chi connectivity index (χ1n) is 13.6. The Hall–Kier alpha value is -5.06. The third kappa shape index (κ3) is 5.71. The van der Waals surface area contributed by atoms with Gasteiger partial charge >= 0.3 is 6.03 Å². The zero-order valence-electron chi connectivity index (χ0n) is 23.9. The van der Waals surface area contributed by atoms with Gasteiger partial charge in [-0.1, -0.05) is 24.3 Å². The lowest BCUT2D eigenvalue weighted by molar-refractivity contribution is -0.136. The summed E-state index contributed by atoms with van der Waals surface area (Å²) in [6.07, 6.45) is 3.71. The Morgan fingerprint density at radius 3 is 2.43 bits per heavy atom. The van der Waals surface area contributed by atoms with E-state index >= 15 is 0 Å². The summed E-state index contributed by atoms with van der Waals surface area (Å²) in [5.41, 5.74) is 4.02. The van der Waals surface area contributed by atoms with Crippen LogP contribution in [0.25, 0.3) is 11.1 Å². The summed E-state index contributed by atoms with van der Waals surface area (Å²) < 4.78 is 0. The van der Waals surface area contributed by atoms with Gasteiger partial charge in [0.05, 0.1) is 11.1 Å². The molecule has 3 N–H and O–H groups in total. The van der Waals surface area contributed by atoms with E-state index in [0.29, 0.717) is 22.4 Å². The van der Waals surface area contributed by atoms with E-state index in [1.807, 2.05) is 38.1 Å². The van der Waals surface area contributed by atoms with E-state index in [1.165, 1.54) is 9.80 Å². The molecular weight excluding hydrogens is 536 g/mol. The maximum Gasteiger partial charge on any atom is 0.319 e. The van der Waals surface area contributed by atoms with Crippen LogP contribution in [0.3, 0.4) is 0 Å². The van der Waals surface area contributed by atoms with Crippen molar-refractivity contribution in [2.45, 2.75) is 44.8 Å². The number of amides is 6. The second-order valence-electron chi connectivity index (χ2n) is 11.2. The molecule has 2 aliphatic heterocycles. The van der Waals surface area contributed by atoms with Gasteiger partial charge in [0.2, 0.25) is 11.8 Å². The van der Waals surface area contributed by atoms with Gasteiger partial charge in [0.1, 0.15) is 6.04 Å². The lowest BCUT2D eigenvalue weighted by Gasteiger charge is -2.29. The number of pyridine rings is 1. The molecule has 1 saturated heterocycles. The predicted octanol–water partition coefficient (Wildman–Crippen LogP) is 3.27. The third-order valence-electron chi connectivity index (χ3n) is 7.54. The fraction of sp³-hybridized carbons (Fsp3) is 0.290. The van der Waals surface area contributed by atoms with Crippen molar-refractivity contribution in [2.24, 2.45) is 0 Å². The van der Waals surface area contributed by atoms with Gasteiger partial charge in [0, 0.05) is 56.3 Å². The van der Waals surface area contributed by atoms with E-state index in [2.05, 4.69) is 20.9 Å². The summed E-state index contributed by atoms with van der Waals surface area (Å²) in [5, 5.41) is 8.12. The number of carbonyl (C=O) groups excluding carboxylic acids is 5. The van der Waals surface area contributed by atoms with E-state index in [1.54, 1.807) is 50.8 Å². The zero-order valence-corrected chi connectivity index (χ0v) is 23.9. The van der Waals surface area contributed by atoms with Crippen LogP contribution in [0.2, 0.25) is 0 Å². The van der Waals surface area contributed by atoms with Crippen molar-refractivity contribution in [2.75, 3.05) is 19.4 Å². The highest BCUT2D eigenvalue weighted by molar-refractivity contribution is 6.05. The highest BCUT2D eigenvalue weighted by Gasteiger charge is 2.39. The number of carbonyl (C=O) groups is 5. The number of hydrogen-bond donors (Lipinski definition) is 3. The van der Waals surface area contributed by atoms with E-state index in [0.717, 1.165) is 16.7 Å². The third-order valence-corrected chi connectivity index (χ3v) is 7.54. The van der Waals surface area contributed by atoms with Gasteiger partial charge in [-0.25, -0.2) is 4.79 Å². The van der Waals surface area contributed by atoms with Crippen molar-refractivity contribution in [3.63, 3.8) is 0 Å². The molecule has 6 amide bonds. The van der Waals surface area contributed by atoms with Crippen LogP contribution in [0.5, 0.6) is 0 Å². The molecule has 1 aromatic heterocycles. The molecule has 3 heterocycles. The SMILES string of the molecule is CN(C)C(=O)c1cncc(-c2ccc(C(C)(C)NC(=O)Nc3ccc4c(c3)CN(C3CCC(=O)NC3=O)C4=O)cc2)c1. The lowest BCUT2D eigenvalue weighted by Crippen LogP contribution is -2.52. The summed E-state index contributed by atoms with van der Waals surface area (Å²) in [7, 11) is 3.38. The quantitative estimate of drug-likeness (QED) is 0.390. The molecule has 11 heteroatoms.